The van der Waals surface area contributed by atoms with Gasteiger partial charge in [0, 0.05) is 5.75 Å². The summed E-state index contributed by atoms with van der Waals surface area (Å²) < 4.78 is 36.9. The molecule has 0 aromatic rings. The largest absolute Gasteiger partial charge is 0.441 e. The highest BCUT2D eigenvalue weighted by Crippen LogP contribution is 2.40. The molecule has 0 spiro atoms. The number of hydrogen-bond donors (Lipinski definition) is 1. The Morgan fingerprint density at radius 1 is 1.19 bits per heavy atom. The molecule has 0 saturated heterocycles. The molecule has 0 bridgehead atoms. The molecular formula is C16H30F3NS. The van der Waals surface area contributed by atoms with Crippen LogP contribution in [-0.2, 0) is 0 Å². The molecule has 1 rings (SSSR count). The Balaban J connectivity index is 2.47. The number of alkyl halides is 3. The van der Waals surface area contributed by atoms with Gasteiger partial charge in [0.1, 0.15) is 0 Å². The van der Waals surface area contributed by atoms with Crippen molar-refractivity contribution in [2.75, 3.05) is 18.8 Å². The lowest BCUT2D eigenvalue weighted by atomic mass is 9.69. The van der Waals surface area contributed by atoms with Crippen molar-refractivity contribution in [1.29, 1.82) is 0 Å². The van der Waals surface area contributed by atoms with Crippen molar-refractivity contribution in [3.05, 3.63) is 0 Å². The van der Waals surface area contributed by atoms with Gasteiger partial charge in [-0.2, -0.15) is 13.2 Å². The maximum absolute atomic E-state index is 12.3. The van der Waals surface area contributed by atoms with Crippen molar-refractivity contribution in [3.8, 4) is 0 Å². The molecule has 3 unspecified atom stereocenters. The smallest absolute Gasteiger partial charge is 0.316 e. The standard InChI is InChI=1S/C16H30F3NS/c1-4-8-20-11-15-6-5-13(12(2)3)10-14(15)7-9-21-16(17,18)19/h12-15,20H,4-11H2,1-3H3. The molecule has 21 heavy (non-hydrogen) atoms. The molecule has 1 fully saturated rings. The van der Waals surface area contributed by atoms with Gasteiger partial charge in [-0.1, -0.05) is 32.5 Å². The number of thioether (sulfide) groups is 1. The molecule has 1 saturated carbocycles. The van der Waals surface area contributed by atoms with Crippen LogP contribution in [0.4, 0.5) is 13.2 Å². The Bertz CT molecular complexity index is 281. The highest BCUT2D eigenvalue weighted by Gasteiger charge is 2.33. The number of hydrogen-bond acceptors (Lipinski definition) is 2. The molecule has 5 heteroatoms. The first-order chi connectivity index (χ1) is 9.83. The molecule has 1 aliphatic carbocycles. The van der Waals surface area contributed by atoms with E-state index in [2.05, 4.69) is 26.1 Å². The van der Waals surface area contributed by atoms with E-state index in [0.717, 1.165) is 25.9 Å². The first-order valence-electron chi connectivity index (χ1n) is 8.24. The van der Waals surface area contributed by atoms with Gasteiger partial charge in [0.15, 0.2) is 0 Å². The Kier molecular flexibility index (Phi) is 8.47. The van der Waals surface area contributed by atoms with Crippen molar-refractivity contribution in [3.63, 3.8) is 0 Å². The Morgan fingerprint density at radius 2 is 1.90 bits per heavy atom. The van der Waals surface area contributed by atoms with Crippen molar-refractivity contribution >= 4 is 11.8 Å². The molecular weight excluding hydrogens is 295 g/mol. The second-order valence-corrected chi connectivity index (χ2v) is 7.78. The lowest BCUT2D eigenvalue weighted by Crippen LogP contribution is -2.35. The average Bonchev–Trinajstić information content (AvgIpc) is 2.38. The van der Waals surface area contributed by atoms with Crippen molar-refractivity contribution in [2.45, 2.75) is 58.4 Å². The van der Waals surface area contributed by atoms with E-state index in [4.69, 9.17) is 0 Å². The summed E-state index contributed by atoms with van der Waals surface area (Å²) in [5.41, 5.74) is -4.08. The predicted octanol–water partition coefficient (Wildman–Crippen LogP) is 5.32. The zero-order valence-electron chi connectivity index (χ0n) is 13.5. The molecule has 0 aliphatic heterocycles. The third-order valence-corrected chi connectivity index (χ3v) is 5.48. The molecule has 126 valence electrons. The summed E-state index contributed by atoms with van der Waals surface area (Å²) >= 11 is 0.147. The summed E-state index contributed by atoms with van der Waals surface area (Å²) in [6, 6.07) is 0. The van der Waals surface area contributed by atoms with E-state index in [9.17, 15) is 13.2 Å². The minimum absolute atomic E-state index is 0.147. The highest BCUT2D eigenvalue weighted by atomic mass is 32.2. The van der Waals surface area contributed by atoms with E-state index >= 15 is 0 Å². The summed E-state index contributed by atoms with van der Waals surface area (Å²) in [6.07, 6.45) is 5.32. The lowest BCUT2D eigenvalue weighted by molar-refractivity contribution is -0.0329. The van der Waals surface area contributed by atoms with Crippen LogP contribution in [-0.4, -0.2) is 24.4 Å². The van der Waals surface area contributed by atoms with Crippen LogP contribution in [0.1, 0.15) is 52.9 Å². The minimum atomic E-state index is -4.08. The van der Waals surface area contributed by atoms with Crippen molar-refractivity contribution < 1.29 is 13.2 Å². The van der Waals surface area contributed by atoms with Crippen LogP contribution in [0.5, 0.6) is 0 Å². The molecule has 3 atom stereocenters. The molecule has 0 heterocycles. The Labute approximate surface area is 131 Å². The fourth-order valence-corrected chi connectivity index (χ4v) is 4.03. The number of rotatable bonds is 8. The first kappa shape index (κ1) is 19.1. The summed E-state index contributed by atoms with van der Waals surface area (Å²) in [5, 5.41) is 3.46. The number of halogens is 3. The Morgan fingerprint density at radius 3 is 2.48 bits per heavy atom. The van der Waals surface area contributed by atoms with Crippen LogP contribution in [0.2, 0.25) is 0 Å². The van der Waals surface area contributed by atoms with Crippen LogP contribution in [0, 0.1) is 23.7 Å². The zero-order valence-corrected chi connectivity index (χ0v) is 14.3. The zero-order chi connectivity index (χ0) is 15.9. The van der Waals surface area contributed by atoms with Crippen LogP contribution in [0.15, 0.2) is 0 Å². The van der Waals surface area contributed by atoms with Crippen LogP contribution in [0.3, 0.4) is 0 Å². The average molecular weight is 325 g/mol. The second kappa shape index (κ2) is 9.29. The number of nitrogens with one attached hydrogen (secondary N) is 1. The van der Waals surface area contributed by atoms with Crippen LogP contribution in [0.25, 0.3) is 0 Å². The lowest BCUT2D eigenvalue weighted by Gasteiger charge is -2.38. The van der Waals surface area contributed by atoms with Gasteiger partial charge in [-0.25, -0.2) is 0 Å². The molecule has 1 N–H and O–H groups in total. The molecule has 0 aromatic carbocycles. The van der Waals surface area contributed by atoms with Crippen molar-refractivity contribution in [2.24, 2.45) is 23.7 Å². The maximum atomic E-state index is 12.3. The van der Waals surface area contributed by atoms with Gasteiger partial charge in [-0.3, -0.25) is 0 Å². The Hall–Kier alpha value is 0.100. The van der Waals surface area contributed by atoms with Gasteiger partial charge in [-0.15, -0.1) is 0 Å². The quantitative estimate of drug-likeness (QED) is 0.606. The third-order valence-electron chi connectivity index (χ3n) is 4.71. The van der Waals surface area contributed by atoms with E-state index in [1.165, 1.54) is 12.8 Å². The topological polar surface area (TPSA) is 12.0 Å². The van der Waals surface area contributed by atoms with Gasteiger partial charge in [0.2, 0.25) is 0 Å². The van der Waals surface area contributed by atoms with Gasteiger partial charge >= 0.3 is 5.51 Å². The van der Waals surface area contributed by atoms with Gasteiger partial charge in [0.05, 0.1) is 0 Å². The molecule has 1 aliphatic rings. The third kappa shape index (κ3) is 7.78. The van der Waals surface area contributed by atoms with Crippen LogP contribution < -0.4 is 5.32 Å². The summed E-state index contributed by atoms with van der Waals surface area (Å²) in [5.74, 6) is 2.55. The SMILES string of the molecule is CCCNCC1CCC(C(C)C)CC1CCSC(F)(F)F. The van der Waals surface area contributed by atoms with E-state index in [0.29, 0.717) is 30.1 Å². The first-order valence-corrected chi connectivity index (χ1v) is 9.23. The second-order valence-electron chi connectivity index (χ2n) is 6.62. The highest BCUT2D eigenvalue weighted by molar-refractivity contribution is 8.00. The molecule has 1 nitrogen and oxygen atoms in total. The van der Waals surface area contributed by atoms with Gasteiger partial charge in [0.25, 0.3) is 0 Å². The van der Waals surface area contributed by atoms with Crippen LogP contribution >= 0.6 is 11.8 Å². The van der Waals surface area contributed by atoms with Gasteiger partial charge < -0.3 is 5.32 Å². The molecule has 0 amide bonds. The summed E-state index contributed by atoms with van der Waals surface area (Å²) in [4.78, 5) is 0. The van der Waals surface area contributed by atoms with E-state index in [1.54, 1.807) is 0 Å². The van der Waals surface area contributed by atoms with E-state index < -0.39 is 5.51 Å². The molecule has 0 radical (unpaired) electrons. The van der Waals surface area contributed by atoms with E-state index in [1.807, 2.05) is 0 Å². The fraction of sp³-hybridized carbons (Fsp3) is 1.00. The normalized spacial score (nSPS) is 27.3. The maximum Gasteiger partial charge on any atom is 0.441 e. The summed E-state index contributed by atoms with van der Waals surface area (Å²) in [6.45, 7) is 8.60. The van der Waals surface area contributed by atoms with Crippen molar-refractivity contribution in [1.82, 2.24) is 5.32 Å². The molecule has 0 aromatic heterocycles. The summed E-state index contributed by atoms with van der Waals surface area (Å²) in [7, 11) is 0. The fourth-order valence-electron chi connectivity index (χ4n) is 3.38. The van der Waals surface area contributed by atoms with Gasteiger partial charge in [-0.05, 0) is 68.9 Å². The minimum Gasteiger partial charge on any atom is -0.316 e. The predicted molar refractivity (Wildman–Crippen MR) is 85.4 cm³/mol. The van der Waals surface area contributed by atoms with E-state index in [-0.39, 0.29) is 17.5 Å². The monoisotopic (exact) mass is 325 g/mol.